The van der Waals surface area contributed by atoms with Crippen LogP contribution in [0.5, 0.6) is 5.75 Å². The molecule has 4 nitrogen and oxygen atoms in total. The number of sulfone groups is 1. The third-order valence-electron chi connectivity index (χ3n) is 2.78. The highest BCUT2D eigenvalue weighted by molar-refractivity contribution is 7.90. The van der Waals surface area contributed by atoms with Crippen molar-refractivity contribution in [3.05, 3.63) is 29.3 Å². The minimum Gasteiger partial charge on any atom is -0.495 e. The van der Waals surface area contributed by atoms with Crippen LogP contribution in [0.25, 0.3) is 0 Å². The van der Waals surface area contributed by atoms with Crippen molar-refractivity contribution >= 4 is 9.84 Å². The third kappa shape index (κ3) is 4.92. The van der Waals surface area contributed by atoms with E-state index in [1.807, 2.05) is 19.9 Å². The normalized spacial score (nSPS) is 11.3. The molecular weight excluding hydrogens is 262 g/mol. The second kappa shape index (κ2) is 6.58. The van der Waals surface area contributed by atoms with Crippen molar-refractivity contribution in [1.29, 1.82) is 5.26 Å². The zero-order valence-electron chi connectivity index (χ0n) is 11.5. The zero-order valence-corrected chi connectivity index (χ0v) is 12.3. The maximum absolute atomic E-state index is 12.0. The van der Waals surface area contributed by atoms with E-state index in [0.29, 0.717) is 29.2 Å². The van der Waals surface area contributed by atoms with Crippen LogP contribution in [-0.2, 0) is 15.6 Å². The Morgan fingerprint density at radius 2 is 2.05 bits per heavy atom. The van der Waals surface area contributed by atoms with E-state index in [4.69, 9.17) is 10.00 Å². The van der Waals surface area contributed by atoms with Gasteiger partial charge >= 0.3 is 0 Å². The predicted octanol–water partition coefficient (Wildman–Crippen LogP) is 2.53. The maximum Gasteiger partial charge on any atom is 0.154 e. The van der Waals surface area contributed by atoms with Gasteiger partial charge < -0.3 is 4.74 Å². The number of nitrogens with zero attached hydrogens (tertiary/aromatic N) is 1. The quantitative estimate of drug-likeness (QED) is 0.803. The molecule has 0 fully saturated rings. The van der Waals surface area contributed by atoms with Crippen LogP contribution in [0.4, 0.5) is 0 Å². The van der Waals surface area contributed by atoms with Crippen molar-refractivity contribution < 1.29 is 13.2 Å². The summed E-state index contributed by atoms with van der Waals surface area (Å²) < 4.78 is 29.0. The molecule has 0 aliphatic rings. The van der Waals surface area contributed by atoms with Crippen molar-refractivity contribution in [3.63, 3.8) is 0 Å². The molecule has 5 heteroatoms. The number of ether oxygens (including phenoxy) is 1. The predicted molar refractivity (Wildman–Crippen MR) is 74.7 cm³/mol. The van der Waals surface area contributed by atoms with Crippen LogP contribution in [0.15, 0.2) is 18.2 Å². The molecule has 0 radical (unpaired) electrons. The van der Waals surface area contributed by atoms with Gasteiger partial charge in [-0.1, -0.05) is 19.9 Å². The van der Waals surface area contributed by atoms with Gasteiger partial charge in [-0.05, 0) is 30.0 Å². The van der Waals surface area contributed by atoms with E-state index in [9.17, 15) is 8.42 Å². The zero-order chi connectivity index (χ0) is 14.5. The first-order valence-corrected chi connectivity index (χ1v) is 7.97. The van der Waals surface area contributed by atoms with Crippen LogP contribution < -0.4 is 4.74 Å². The molecule has 0 saturated heterocycles. The van der Waals surface area contributed by atoms with Crippen LogP contribution in [-0.4, -0.2) is 21.3 Å². The number of hydrogen-bond acceptors (Lipinski definition) is 4. The highest BCUT2D eigenvalue weighted by Gasteiger charge is 2.14. The second-order valence-corrected chi connectivity index (χ2v) is 7.11. The number of methoxy groups -OCH3 is 1. The Morgan fingerprint density at radius 3 is 2.58 bits per heavy atom. The fourth-order valence-electron chi connectivity index (χ4n) is 1.66. The number of nitriles is 1. The maximum atomic E-state index is 12.0. The molecular formula is C14H19NO3S. The van der Waals surface area contributed by atoms with E-state index in [1.165, 1.54) is 7.11 Å². The summed E-state index contributed by atoms with van der Waals surface area (Å²) in [4.78, 5) is 0. The lowest BCUT2D eigenvalue weighted by atomic mass is 10.1. The average molecular weight is 281 g/mol. The Balaban J connectivity index is 2.86. The van der Waals surface area contributed by atoms with Gasteiger partial charge in [0, 0.05) is 0 Å². The molecule has 0 spiro atoms. The molecule has 0 amide bonds. The van der Waals surface area contributed by atoms with E-state index in [-0.39, 0.29) is 11.5 Å². The minimum atomic E-state index is -3.11. The van der Waals surface area contributed by atoms with Crippen molar-refractivity contribution in [3.8, 4) is 11.8 Å². The molecule has 1 aromatic carbocycles. The highest BCUT2D eigenvalue weighted by Crippen LogP contribution is 2.21. The highest BCUT2D eigenvalue weighted by atomic mass is 32.2. The first-order valence-electron chi connectivity index (χ1n) is 6.15. The summed E-state index contributed by atoms with van der Waals surface area (Å²) in [5.41, 5.74) is 1.06. The third-order valence-corrected chi connectivity index (χ3v) is 4.41. The molecule has 0 heterocycles. The van der Waals surface area contributed by atoms with Gasteiger partial charge in [-0.2, -0.15) is 5.26 Å². The van der Waals surface area contributed by atoms with Crippen molar-refractivity contribution in [2.45, 2.75) is 26.0 Å². The van der Waals surface area contributed by atoms with Gasteiger partial charge in [-0.25, -0.2) is 8.42 Å². The summed E-state index contributed by atoms with van der Waals surface area (Å²) in [5.74, 6) is 0.957. The van der Waals surface area contributed by atoms with Crippen LogP contribution in [0.1, 0.15) is 31.4 Å². The summed E-state index contributed by atoms with van der Waals surface area (Å²) in [6.07, 6.45) is 0.662. The van der Waals surface area contributed by atoms with Crippen LogP contribution in [0.3, 0.4) is 0 Å². The lowest BCUT2D eigenvalue weighted by Gasteiger charge is -2.08. The summed E-state index contributed by atoms with van der Waals surface area (Å²) in [7, 11) is -1.65. The standard InChI is InChI=1S/C14H19NO3S/c1-11(2)6-7-19(16,17)10-12-4-5-13(9-15)14(8-12)18-3/h4-5,8,11H,6-7,10H2,1-3H3. The molecule has 0 aliphatic heterocycles. The van der Waals surface area contributed by atoms with Gasteiger partial charge in [0.25, 0.3) is 0 Å². The molecule has 0 atom stereocenters. The smallest absolute Gasteiger partial charge is 0.154 e. The SMILES string of the molecule is COc1cc(CS(=O)(=O)CCC(C)C)ccc1C#N. The van der Waals surface area contributed by atoms with Gasteiger partial charge in [0.05, 0.1) is 24.2 Å². The first kappa shape index (κ1) is 15.5. The summed E-state index contributed by atoms with van der Waals surface area (Å²) in [6, 6.07) is 6.87. The monoisotopic (exact) mass is 281 g/mol. The van der Waals surface area contributed by atoms with Gasteiger partial charge in [-0.15, -0.1) is 0 Å². The molecule has 0 aliphatic carbocycles. The van der Waals surface area contributed by atoms with E-state index in [1.54, 1.807) is 18.2 Å². The largest absolute Gasteiger partial charge is 0.495 e. The van der Waals surface area contributed by atoms with Gasteiger partial charge in [0.15, 0.2) is 9.84 Å². The van der Waals surface area contributed by atoms with E-state index in [2.05, 4.69) is 0 Å². The van der Waals surface area contributed by atoms with Crippen molar-refractivity contribution in [2.24, 2.45) is 5.92 Å². The van der Waals surface area contributed by atoms with E-state index >= 15 is 0 Å². The lowest BCUT2D eigenvalue weighted by molar-refractivity contribution is 0.413. The molecule has 1 aromatic rings. The molecule has 0 aromatic heterocycles. The lowest BCUT2D eigenvalue weighted by Crippen LogP contribution is -2.11. The Bertz CT molecular complexity index is 571. The molecule has 0 saturated carbocycles. The Kier molecular flexibility index (Phi) is 5.37. The van der Waals surface area contributed by atoms with Gasteiger partial charge in [0.1, 0.15) is 11.8 Å². The Morgan fingerprint density at radius 1 is 1.37 bits per heavy atom. The van der Waals surface area contributed by atoms with Crippen LogP contribution in [0, 0.1) is 17.2 Å². The fourth-order valence-corrected chi connectivity index (χ4v) is 3.32. The molecule has 0 N–H and O–H groups in total. The van der Waals surface area contributed by atoms with Crippen LogP contribution >= 0.6 is 0 Å². The van der Waals surface area contributed by atoms with E-state index < -0.39 is 9.84 Å². The molecule has 104 valence electrons. The number of benzene rings is 1. The summed E-state index contributed by atoms with van der Waals surface area (Å²) in [6.45, 7) is 4.00. The second-order valence-electron chi connectivity index (χ2n) is 4.92. The minimum absolute atomic E-state index is 0.0121. The van der Waals surface area contributed by atoms with E-state index in [0.717, 1.165) is 0 Å². The first-order chi connectivity index (χ1) is 8.88. The van der Waals surface area contributed by atoms with Crippen LogP contribution in [0.2, 0.25) is 0 Å². The molecule has 19 heavy (non-hydrogen) atoms. The Hall–Kier alpha value is -1.54. The average Bonchev–Trinajstić information content (AvgIpc) is 2.36. The topological polar surface area (TPSA) is 67.2 Å². The van der Waals surface area contributed by atoms with Crippen molar-refractivity contribution in [1.82, 2.24) is 0 Å². The van der Waals surface area contributed by atoms with Gasteiger partial charge in [-0.3, -0.25) is 0 Å². The van der Waals surface area contributed by atoms with Crippen molar-refractivity contribution in [2.75, 3.05) is 12.9 Å². The molecule has 1 rings (SSSR count). The fraction of sp³-hybridized carbons (Fsp3) is 0.500. The molecule has 0 bridgehead atoms. The molecule has 0 unspecified atom stereocenters. The number of rotatable bonds is 6. The van der Waals surface area contributed by atoms with Gasteiger partial charge in [0.2, 0.25) is 0 Å². The Labute approximate surface area is 114 Å². The number of hydrogen-bond donors (Lipinski definition) is 0. The summed E-state index contributed by atoms with van der Waals surface area (Å²) in [5, 5.41) is 8.87. The summed E-state index contributed by atoms with van der Waals surface area (Å²) >= 11 is 0.